The lowest BCUT2D eigenvalue weighted by Crippen LogP contribution is -2.28. The van der Waals surface area contributed by atoms with E-state index in [0.717, 1.165) is 11.4 Å². The molecule has 7 heteroatoms. The van der Waals surface area contributed by atoms with Crippen LogP contribution >= 0.6 is 0 Å². The van der Waals surface area contributed by atoms with Crippen molar-refractivity contribution < 1.29 is 9.18 Å². The maximum absolute atomic E-state index is 12.8. The van der Waals surface area contributed by atoms with Crippen molar-refractivity contribution in [2.45, 2.75) is 32.7 Å². The second-order valence-electron chi connectivity index (χ2n) is 5.04. The molecule has 1 aromatic heterocycles. The van der Waals surface area contributed by atoms with Crippen molar-refractivity contribution in [2.24, 2.45) is 0 Å². The molecular weight excluding hydrogens is 273 g/mol. The highest BCUT2D eigenvalue weighted by atomic mass is 19.1. The number of tetrazole rings is 1. The molecule has 0 unspecified atom stereocenters. The average molecular weight is 291 g/mol. The first-order chi connectivity index (χ1) is 10.1. The van der Waals surface area contributed by atoms with Crippen LogP contribution in [-0.2, 0) is 17.6 Å². The van der Waals surface area contributed by atoms with Crippen LogP contribution in [0.25, 0.3) is 0 Å². The second-order valence-corrected chi connectivity index (χ2v) is 5.04. The minimum absolute atomic E-state index is 0.106. The molecule has 0 fully saturated rings. The summed E-state index contributed by atoms with van der Waals surface area (Å²) in [5.74, 6) is 0.331. The smallest absolute Gasteiger partial charge is 0.224 e. The van der Waals surface area contributed by atoms with E-state index in [1.807, 2.05) is 13.8 Å². The van der Waals surface area contributed by atoms with E-state index in [2.05, 4.69) is 20.8 Å². The number of hydrogen-bond acceptors (Lipinski definition) is 4. The standard InChI is InChI=1S/C14H18FN5O/c1-10(2)20-13(17-18-19-20)7-8-16-14(21)9-11-3-5-12(15)6-4-11/h3-6,10H,7-9H2,1-2H3,(H,16,21). The molecule has 0 atom stereocenters. The molecule has 0 aliphatic carbocycles. The Kier molecular flexibility index (Phi) is 4.97. The quantitative estimate of drug-likeness (QED) is 0.870. The molecule has 2 aromatic rings. The molecule has 0 spiro atoms. The summed E-state index contributed by atoms with van der Waals surface area (Å²) in [6.45, 7) is 4.45. The lowest BCUT2D eigenvalue weighted by molar-refractivity contribution is -0.120. The number of carbonyl (C=O) groups excluding carboxylic acids is 1. The molecule has 112 valence electrons. The summed E-state index contributed by atoms with van der Waals surface area (Å²) in [5, 5.41) is 14.3. The van der Waals surface area contributed by atoms with Gasteiger partial charge in [0.25, 0.3) is 0 Å². The van der Waals surface area contributed by atoms with Crippen molar-refractivity contribution in [3.63, 3.8) is 0 Å². The summed E-state index contributed by atoms with van der Waals surface area (Å²) in [4.78, 5) is 11.8. The van der Waals surface area contributed by atoms with E-state index in [1.54, 1.807) is 16.8 Å². The molecule has 1 aromatic carbocycles. The molecule has 0 aliphatic rings. The van der Waals surface area contributed by atoms with Gasteiger partial charge in [-0.2, -0.15) is 0 Å². The van der Waals surface area contributed by atoms with E-state index in [1.165, 1.54) is 12.1 Å². The Morgan fingerprint density at radius 2 is 2.05 bits per heavy atom. The fourth-order valence-corrected chi connectivity index (χ4v) is 1.94. The van der Waals surface area contributed by atoms with E-state index in [4.69, 9.17) is 0 Å². The third-order valence-electron chi connectivity index (χ3n) is 3.00. The van der Waals surface area contributed by atoms with E-state index in [9.17, 15) is 9.18 Å². The predicted molar refractivity (Wildman–Crippen MR) is 75.0 cm³/mol. The van der Waals surface area contributed by atoms with E-state index < -0.39 is 0 Å². The van der Waals surface area contributed by atoms with Crippen LogP contribution in [0.15, 0.2) is 24.3 Å². The van der Waals surface area contributed by atoms with Gasteiger partial charge in [0, 0.05) is 13.0 Å². The van der Waals surface area contributed by atoms with Crippen molar-refractivity contribution in [3.05, 3.63) is 41.5 Å². The number of aromatic nitrogens is 4. The molecule has 1 heterocycles. The monoisotopic (exact) mass is 291 g/mol. The number of halogens is 1. The Balaban J connectivity index is 1.79. The van der Waals surface area contributed by atoms with Crippen molar-refractivity contribution in [1.29, 1.82) is 0 Å². The fourth-order valence-electron chi connectivity index (χ4n) is 1.94. The first-order valence-corrected chi connectivity index (χ1v) is 6.84. The van der Waals surface area contributed by atoms with Crippen LogP contribution in [0.2, 0.25) is 0 Å². The third-order valence-corrected chi connectivity index (χ3v) is 3.00. The van der Waals surface area contributed by atoms with E-state index >= 15 is 0 Å². The number of amides is 1. The molecule has 6 nitrogen and oxygen atoms in total. The summed E-state index contributed by atoms with van der Waals surface area (Å²) in [5.41, 5.74) is 0.779. The van der Waals surface area contributed by atoms with Gasteiger partial charge in [-0.1, -0.05) is 12.1 Å². The second kappa shape index (κ2) is 6.92. The predicted octanol–water partition coefficient (Wildman–Crippen LogP) is 1.29. The van der Waals surface area contributed by atoms with Crippen molar-refractivity contribution in [2.75, 3.05) is 6.54 Å². The summed E-state index contributed by atoms with van der Waals surface area (Å²) < 4.78 is 14.5. The van der Waals surface area contributed by atoms with Gasteiger partial charge in [-0.3, -0.25) is 4.79 Å². The number of nitrogens with zero attached hydrogens (tertiary/aromatic N) is 4. The van der Waals surface area contributed by atoms with Crippen LogP contribution in [0.1, 0.15) is 31.3 Å². The minimum atomic E-state index is -0.306. The van der Waals surface area contributed by atoms with Gasteiger partial charge in [0.15, 0.2) is 5.82 Å². The first kappa shape index (κ1) is 15.1. The highest BCUT2D eigenvalue weighted by Crippen LogP contribution is 2.05. The van der Waals surface area contributed by atoms with Gasteiger partial charge >= 0.3 is 0 Å². The van der Waals surface area contributed by atoms with E-state index in [-0.39, 0.29) is 24.2 Å². The Morgan fingerprint density at radius 1 is 1.33 bits per heavy atom. The number of hydrogen-bond donors (Lipinski definition) is 1. The molecule has 1 amide bonds. The zero-order chi connectivity index (χ0) is 15.2. The van der Waals surface area contributed by atoms with Crippen LogP contribution in [0.3, 0.4) is 0 Å². The van der Waals surface area contributed by atoms with Gasteiger partial charge in [0.2, 0.25) is 5.91 Å². The average Bonchev–Trinajstić information content (AvgIpc) is 2.90. The minimum Gasteiger partial charge on any atom is -0.355 e. The topological polar surface area (TPSA) is 72.7 Å². The normalized spacial score (nSPS) is 10.9. The zero-order valence-electron chi connectivity index (χ0n) is 12.1. The third kappa shape index (κ3) is 4.34. The largest absolute Gasteiger partial charge is 0.355 e. The lowest BCUT2D eigenvalue weighted by atomic mass is 10.1. The van der Waals surface area contributed by atoms with Crippen molar-refractivity contribution in [3.8, 4) is 0 Å². The molecule has 1 N–H and O–H groups in total. The molecule has 21 heavy (non-hydrogen) atoms. The maximum Gasteiger partial charge on any atom is 0.224 e. The number of nitrogens with one attached hydrogen (secondary N) is 1. The highest BCUT2D eigenvalue weighted by molar-refractivity contribution is 5.78. The molecule has 2 rings (SSSR count). The van der Waals surface area contributed by atoms with Gasteiger partial charge < -0.3 is 5.32 Å². The maximum atomic E-state index is 12.8. The van der Waals surface area contributed by atoms with Crippen LogP contribution in [-0.4, -0.2) is 32.7 Å². The highest BCUT2D eigenvalue weighted by Gasteiger charge is 2.09. The molecule has 0 saturated heterocycles. The van der Waals surface area contributed by atoms with Crippen LogP contribution < -0.4 is 5.32 Å². The van der Waals surface area contributed by atoms with Gasteiger partial charge in [0.1, 0.15) is 5.82 Å². The van der Waals surface area contributed by atoms with Crippen LogP contribution in [0.5, 0.6) is 0 Å². The Bertz CT molecular complexity index is 594. The molecule has 0 radical (unpaired) electrons. The summed E-state index contributed by atoms with van der Waals surface area (Å²) >= 11 is 0. The lowest BCUT2D eigenvalue weighted by Gasteiger charge is -2.08. The van der Waals surface area contributed by atoms with Crippen LogP contribution in [0, 0.1) is 5.82 Å². The molecular formula is C14H18FN5O. The van der Waals surface area contributed by atoms with E-state index in [0.29, 0.717) is 13.0 Å². The summed E-state index contributed by atoms with van der Waals surface area (Å²) in [6, 6.07) is 6.09. The van der Waals surface area contributed by atoms with Gasteiger partial charge in [0.05, 0.1) is 12.5 Å². The first-order valence-electron chi connectivity index (χ1n) is 6.84. The van der Waals surface area contributed by atoms with Crippen LogP contribution in [0.4, 0.5) is 4.39 Å². The SMILES string of the molecule is CC(C)n1nnnc1CCNC(=O)Cc1ccc(F)cc1. The molecule has 0 bridgehead atoms. The summed E-state index contributed by atoms with van der Waals surface area (Å²) in [7, 11) is 0. The molecule has 0 aliphatic heterocycles. The Labute approximate surface area is 122 Å². The fraction of sp³-hybridized carbons (Fsp3) is 0.429. The van der Waals surface area contributed by atoms with Crippen molar-refractivity contribution >= 4 is 5.91 Å². The van der Waals surface area contributed by atoms with Crippen molar-refractivity contribution in [1.82, 2.24) is 25.5 Å². The zero-order valence-corrected chi connectivity index (χ0v) is 12.1. The Morgan fingerprint density at radius 3 is 2.71 bits per heavy atom. The molecule has 0 saturated carbocycles. The Hall–Kier alpha value is -2.31. The van der Waals surface area contributed by atoms with Gasteiger partial charge in [-0.15, -0.1) is 5.10 Å². The van der Waals surface area contributed by atoms with Gasteiger partial charge in [-0.05, 0) is 42.0 Å². The number of benzene rings is 1. The summed E-state index contributed by atoms with van der Waals surface area (Å²) in [6.07, 6.45) is 0.801. The van der Waals surface area contributed by atoms with Gasteiger partial charge in [-0.25, -0.2) is 9.07 Å². The number of rotatable bonds is 6. The number of carbonyl (C=O) groups is 1.